The monoisotopic (exact) mass is 132 g/mol. The molecule has 3 heteroatoms. The van der Waals surface area contributed by atoms with Crippen LogP contribution in [0.2, 0.25) is 19.1 Å². The fourth-order valence-electron chi connectivity index (χ4n) is 0.151. The third kappa shape index (κ3) is 1.66. The van der Waals surface area contributed by atoms with Crippen LogP contribution >= 0.6 is 0 Å². The van der Waals surface area contributed by atoms with Crippen molar-refractivity contribution in [3.8, 4) is 0 Å². The Morgan fingerprint density at radius 3 is 2.00 bits per heavy atom. The second-order valence-corrected chi connectivity index (χ2v) is 7.45. The zero-order chi connectivity index (χ0) is 6.78. The minimum absolute atomic E-state index is 0.583. The summed E-state index contributed by atoms with van der Waals surface area (Å²) >= 11 is 0. The number of hydrogen-bond donors (Lipinski definition) is 1. The lowest BCUT2D eigenvalue weighted by Gasteiger charge is -2.11. The number of rotatable bonds is 2. The van der Waals surface area contributed by atoms with Gasteiger partial charge in [0, 0.05) is 0 Å². The van der Waals surface area contributed by atoms with Gasteiger partial charge in [0.15, 0.2) is 8.07 Å². The van der Waals surface area contributed by atoms with Gasteiger partial charge in [0.2, 0.25) is 0 Å². The maximum Gasteiger partial charge on any atom is 0.269 e. The van der Waals surface area contributed by atoms with E-state index >= 15 is 0 Å². The molecule has 0 bridgehead atoms. The largest absolute Gasteiger partial charge is 0.486 e. The molecule has 2 nitrogen and oxygen atoms in total. The zero-order valence-corrected chi connectivity index (χ0v) is 6.56. The average molecular weight is 132 g/mol. The number of hydrogen-bond acceptors (Lipinski definition) is 1. The molecule has 0 fully saturated rings. The van der Waals surface area contributed by atoms with Crippen LogP contribution in [0.3, 0.4) is 0 Å². The van der Waals surface area contributed by atoms with Gasteiger partial charge in [-0.3, -0.25) is 4.79 Å². The van der Waals surface area contributed by atoms with Gasteiger partial charge in [-0.15, -0.1) is 0 Å². The van der Waals surface area contributed by atoms with Crippen molar-refractivity contribution in [3.63, 3.8) is 0 Å². The van der Waals surface area contributed by atoms with Crippen LogP contribution in [0.15, 0.2) is 0 Å². The molecule has 0 aliphatic carbocycles. The molecular weight excluding hydrogens is 120 g/mol. The summed E-state index contributed by atoms with van der Waals surface area (Å²) < 4.78 is 0. The van der Waals surface area contributed by atoms with Crippen LogP contribution in [-0.4, -0.2) is 18.8 Å². The van der Waals surface area contributed by atoms with E-state index in [4.69, 9.17) is 5.11 Å². The summed E-state index contributed by atoms with van der Waals surface area (Å²) in [5.74, 6) is 0. The summed E-state index contributed by atoms with van der Waals surface area (Å²) in [6.07, 6.45) is 0. The fraction of sp³-hybridized carbons (Fsp3) is 0.800. The van der Waals surface area contributed by atoms with E-state index in [-0.39, 0.29) is 0 Å². The Balaban J connectivity index is 3.91. The predicted octanol–water partition coefficient (Wildman–Crippen LogP) is 1.97. The Hall–Kier alpha value is -0.313. The Morgan fingerprint density at radius 1 is 1.62 bits per heavy atom. The quantitative estimate of drug-likeness (QED) is 0.583. The molecule has 0 amide bonds. The molecule has 0 aromatic rings. The topological polar surface area (TPSA) is 37.3 Å². The van der Waals surface area contributed by atoms with E-state index in [1.54, 1.807) is 0 Å². The minimum atomic E-state index is -1.84. The van der Waals surface area contributed by atoms with Gasteiger partial charge in [-0.05, 0) is 0 Å². The van der Waals surface area contributed by atoms with Crippen LogP contribution in [0.25, 0.3) is 0 Å². The molecule has 0 saturated heterocycles. The van der Waals surface area contributed by atoms with E-state index < -0.39 is 13.7 Å². The van der Waals surface area contributed by atoms with Crippen molar-refractivity contribution in [2.45, 2.75) is 26.1 Å². The maximum absolute atomic E-state index is 10.3. The predicted molar refractivity (Wildman–Crippen MR) is 36.0 cm³/mol. The second-order valence-electron chi connectivity index (χ2n) is 2.54. The van der Waals surface area contributed by atoms with Crippen molar-refractivity contribution in [2.24, 2.45) is 0 Å². The first kappa shape index (κ1) is 7.69. The Bertz CT molecular complexity index is 98.6. The van der Waals surface area contributed by atoms with E-state index in [0.717, 1.165) is 6.04 Å². The standard InChI is InChI=1S/C5H12O2Si/c1-4-8(2,3)5(6)7/h4H2,1-3H3,(H,6,7). The minimum Gasteiger partial charge on any atom is -0.486 e. The van der Waals surface area contributed by atoms with Crippen molar-refractivity contribution in [3.05, 3.63) is 0 Å². The molecule has 0 aliphatic heterocycles. The normalized spacial score (nSPS) is 11.4. The molecule has 0 aromatic heterocycles. The van der Waals surface area contributed by atoms with E-state index in [1.165, 1.54) is 0 Å². The lowest BCUT2D eigenvalue weighted by Crippen LogP contribution is -2.34. The second kappa shape index (κ2) is 2.30. The first-order valence-corrected chi connectivity index (χ1v) is 5.95. The third-order valence-electron chi connectivity index (χ3n) is 1.46. The van der Waals surface area contributed by atoms with Crippen LogP contribution in [0, 0.1) is 0 Å². The zero-order valence-electron chi connectivity index (χ0n) is 5.56. The molecule has 8 heavy (non-hydrogen) atoms. The highest BCUT2D eigenvalue weighted by Crippen LogP contribution is 2.07. The molecule has 0 aromatic carbocycles. The van der Waals surface area contributed by atoms with Gasteiger partial charge in [0.1, 0.15) is 0 Å². The first-order valence-electron chi connectivity index (χ1n) is 2.74. The Morgan fingerprint density at radius 2 is 2.00 bits per heavy atom. The Kier molecular flexibility index (Phi) is 2.21. The molecule has 0 heterocycles. The summed E-state index contributed by atoms with van der Waals surface area (Å²) in [4.78, 5) is 10.3. The lowest BCUT2D eigenvalue weighted by molar-refractivity contribution is 0.218. The maximum atomic E-state index is 10.3. The van der Waals surface area contributed by atoms with Crippen LogP contribution in [0.1, 0.15) is 6.92 Å². The molecule has 0 radical (unpaired) electrons. The van der Waals surface area contributed by atoms with E-state index in [1.807, 2.05) is 20.0 Å². The highest BCUT2D eigenvalue weighted by Gasteiger charge is 2.27. The van der Waals surface area contributed by atoms with Gasteiger partial charge in [-0.1, -0.05) is 26.1 Å². The van der Waals surface area contributed by atoms with Crippen LogP contribution in [-0.2, 0) is 0 Å². The molecule has 0 saturated carbocycles. The van der Waals surface area contributed by atoms with Gasteiger partial charge < -0.3 is 5.11 Å². The lowest BCUT2D eigenvalue weighted by atomic mass is 11.0. The van der Waals surface area contributed by atoms with Crippen molar-refractivity contribution in [1.82, 2.24) is 0 Å². The molecule has 1 N–H and O–H groups in total. The molecule has 48 valence electrons. The van der Waals surface area contributed by atoms with Crippen LogP contribution in [0.4, 0.5) is 4.79 Å². The van der Waals surface area contributed by atoms with E-state index in [9.17, 15) is 4.79 Å². The van der Waals surface area contributed by atoms with Crippen molar-refractivity contribution in [1.29, 1.82) is 0 Å². The summed E-state index contributed by atoms with van der Waals surface area (Å²) in [5.41, 5.74) is -0.583. The molecular formula is C5H12O2Si. The number of carboxylic acid groups (broad SMARTS) is 1. The van der Waals surface area contributed by atoms with Gasteiger partial charge >= 0.3 is 0 Å². The van der Waals surface area contributed by atoms with Gasteiger partial charge in [-0.25, -0.2) is 0 Å². The number of carbonyl (C=O) groups is 1. The highest BCUT2D eigenvalue weighted by molar-refractivity contribution is 7.02. The molecule has 0 spiro atoms. The summed E-state index contributed by atoms with van der Waals surface area (Å²) in [6.45, 7) is 5.64. The van der Waals surface area contributed by atoms with Crippen molar-refractivity contribution in [2.75, 3.05) is 0 Å². The van der Waals surface area contributed by atoms with Gasteiger partial charge in [0.05, 0.1) is 0 Å². The Labute approximate surface area is 50.5 Å². The SMILES string of the molecule is CC[Si](C)(C)C(=O)O. The molecule has 0 atom stereocenters. The average Bonchev–Trinajstić information content (AvgIpc) is 1.67. The molecule has 0 aliphatic rings. The van der Waals surface area contributed by atoms with Gasteiger partial charge in [0.25, 0.3) is 5.59 Å². The summed E-state index contributed by atoms with van der Waals surface area (Å²) in [5, 5.41) is 8.50. The third-order valence-corrected chi connectivity index (χ3v) is 4.39. The summed E-state index contributed by atoms with van der Waals surface area (Å²) in [6, 6.07) is 0.822. The van der Waals surface area contributed by atoms with E-state index in [0.29, 0.717) is 0 Å². The highest BCUT2D eigenvalue weighted by atomic mass is 28.3. The smallest absolute Gasteiger partial charge is 0.269 e. The first-order chi connectivity index (χ1) is 3.50. The van der Waals surface area contributed by atoms with E-state index in [2.05, 4.69) is 0 Å². The fourth-order valence-corrected chi connectivity index (χ4v) is 0.454. The summed E-state index contributed by atoms with van der Waals surface area (Å²) in [7, 11) is -1.84. The van der Waals surface area contributed by atoms with Crippen molar-refractivity contribution >= 4 is 13.7 Å². The van der Waals surface area contributed by atoms with Crippen molar-refractivity contribution < 1.29 is 9.90 Å². The molecule has 0 rings (SSSR count). The molecule has 0 unspecified atom stereocenters. The van der Waals surface area contributed by atoms with Gasteiger partial charge in [-0.2, -0.15) is 0 Å². The van der Waals surface area contributed by atoms with Crippen LogP contribution in [0.5, 0.6) is 0 Å². The van der Waals surface area contributed by atoms with Crippen LogP contribution < -0.4 is 0 Å².